The van der Waals surface area contributed by atoms with Gasteiger partial charge in [0, 0.05) is 50.2 Å². The summed E-state index contributed by atoms with van der Waals surface area (Å²) in [5.74, 6) is 1.62. The van der Waals surface area contributed by atoms with Crippen LogP contribution in [0.5, 0.6) is 0 Å². The first-order valence-corrected chi connectivity index (χ1v) is 8.98. The molecular weight excluding hydrogens is 314 g/mol. The number of hydrogen-bond acceptors (Lipinski definition) is 6. The van der Waals surface area contributed by atoms with Crippen LogP contribution in [0.1, 0.15) is 12.6 Å². The molecule has 2 heterocycles. The highest BCUT2D eigenvalue weighted by molar-refractivity contribution is 5.60. The van der Waals surface area contributed by atoms with Crippen LogP contribution in [0.3, 0.4) is 0 Å². The summed E-state index contributed by atoms with van der Waals surface area (Å²) in [5, 5.41) is 3.37. The average molecular weight is 341 g/mol. The maximum atomic E-state index is 5.38. The number of nitrogens with zero attached hydrogens (tertiary/aromatic N) is 4. The Bertz CT molecular complexity index is 658. The van der Waals surface area contributed by atoms with Gasteiger partial charge in [0.05, 0.1) is 13.2 Å². The molecule has 0 saturated carbocycles. The predicted molar refractivity (Wildman–Crippen MR) is 102 cm³/mol. The molecule has 0 atom stereocenters. The third-order valence-corrected chi connectivity index (χ3v) is 4.32. The monoisotopic (exact) mass is 341 g/mol. The van der Waals surface area contributed by atoms with Crippen molar-refractivity contribution in [2.24, 2.45) is 0 Å². The first-order valence-electron chi connectivity index (χ1n) is 8.98. The largest absolute Gasteiger partial charge is 0.379 e. The molecule has 25 heavy (non-hydrogen) atoms. The number of para-hydroxylation sites is 1. The second kappa shape index (κ2) is 8.78. The van der Waals surface area contributed by atoms with E-state index < -0.39 is 0 Å². The van der Waals surface area contributed by atoms with Crippen LogP contribution in [0.25, 0.3) is 0 Å². The van der Waals surface area contributed by atoms with Gasteiger partial charge in [0.25, 0.3) is 0 Å². The molecule has 0 radical (unpaired) electrons. The fourth-order valence-corrected chi connectivity index (χ4v) is 3.00. The summed E-state index contributed by atoms with van der Waals surface area (Å²) in [7, 11) is 0. The molecule has 2 aromatic rings. The molecule has 6 heteroatoms. The lowest BCUT2D eigenvalue weighted by Crippen LogP contribution is -2.39. The van der Waals surface area contributed by atoms with Crippen LogP contribution in [0.15, 0.2) is 36.4 Å². The number of aryl methyl sites for hydroxylation is 1. The van der Waals surface area contributed by atoms with Crippen LogP contribution in [0.2, 0.25) is 0 Å². The highest BCUT2D eigenvalue weighted by Crippen LogP contribution is 2.24. The molecule has 0 unspecified atom stereocenters. The quantitative estimate of drug-likeness (QED) is 0.836. The lowest BCUT2D eigenvalue weighted by Gasteiger charge is -2.26. The van der Waals surface area contributed by atoms with E-state index in [9.17, 15) is 0 Å². The summed E-state index contributed by atoms with van der Waals surface area (Å²) in [6.07, 6.45) is 0. The van der Waals surface area contributed by atoms with Crippen molar-refractivity contribution in [2.45, 2.75) is 13.8 Å². The van der Waals surface area contributed by atoms with Crippen molar-refractivity contribution < 1.29 is 4.74 Å². The Balaban J connectivity index is 1.67. The molecule has 0 spiro atoms. The molecule has 134 valence electrons. The van der Waals surface area contributed by atoms with Gasteiger partial charge < -0.3 is 15.0 Å². The van der Waals surface area contributed by atoms with Crippen LogP contribution < -0.4 is 10.2 Å². The van der Waals surface area contributed by atoms with E-state index in [1.165, 1.54) is 0 Å². The number of rotatable bonds is 7. The maximum absolute atomic E-state index is 5.38. The van der Waals surface area contributed by atoms with Crippen molar-refractivity contribution in [3.8, 4) is 0 Å². The molecule has 6 nitrogen and oxygen atoms in total. The third kappa shape index (κ3) is 4.90. The number of anilines is 3. The molecule has 1 aliphatic rings. The van der Waals surface area contributed by atoms with Crippen molar-refractivity contribution >= 4 is 17.5 Å². The van der Waals surface area contributed by atoms with Gasteiger partial charge in [-0.05, 0) is 26.0 Å². The minimum atomic E-state index is 0.692. The summed E-state index contributed by atoms with van der Waals surface area (Å²) in [4.78, 5) is 13.9. The van der Waals surface area contributed by atoms with Crippen LogP contribution in [0.4, 0.5) is 17.5 Å². The highest BCUT2D eigenvalue weighted by atomic mass is 16.5. The summed E-state index contributed by atoms with van der Waals surface area (Å²) in [5.41, 5.74) is 2.11. The second-order valence-corrected chi connectivity index (χ2v) is 6.15. The van der Waals surface area contributed by atoms with Crippen LogP contribution in [-0.2, 0) is 4.74 Å². The Morgan fingerprint density at radius 2 is 1.92 bits per heavy atom. The molecule has 1 saturated heterocycles. The van der Waals surface area contributed by atoms with Gasteiger partial charge in [0.15, 0.2) is 0 Å². The fourth-order valence-electron chi connectivity index (χ4n) is 3.00. The van der Waals surface area contributed by atoms with Gasteiger partial charge in [0.1, 0.15) is 5.82 Å². The Morgan fingerprint density at radius 1 is 1.16 bits per heavy atom. The Kier molecular flexibility index (Phi) is 6.19. The fraction of sp³-hybridized carbons (Fsp3) is 0.474. The van der Waals surface area contributed by atoms with Gasteiger partial charge in [-0.15, -0.1) is 0 Å². The number of hydrogen-bond donors (Lipinski definition) is 1. The van der Waals surface area contributed by atoms with Crippen molar-refractivity contribution in [1.82, 2.24) is 14.9 Å². The van der Waals surface area contributed by atoms with E-state index in [1.807, 2.05) is 31.2 Å². The lowest BCUT2D eigenvalue weighted by molar-refractivity contribution is 0.0398. The van der Waals surface area contributed by atoms with Crippen LogP contribution in [-0.4, -0.2) is 60.8 Å². The van der Waals surface area contributed by atoms with Gasteiger partial charge in [-0.3, -0.25) is 4.90 Å². The van der Waals surface area contributed by atoms with Crippen LogP contribution in [0, 0.1) is 6.92 Å². The third-order valence-electron chi connectivity index (χ3n) is 4.32. The van der Waals surface area contributed by atoms with E-state index in [4.69, 9.17) is 9.72 Å². The Morgan fingerprint density at radius 3 is 2.64 bits per heavy atom. The van der Waals surface area contributed by atoms with Gasteiger partial charge in [-0.1, -0.05) is 18.2 Å². The molecule has 1 aromatic carbocycles. The molecule has 3 rings (SSSR count). The van der Waals surface area contributed by atoms with Gasteiger partial charge in [-0.2, -0.15) is 4.98 Å². The standard InChI is InChI=1S/C19H27N5O/c1-3-24(17-7-5-4-6-8-17)18-15-16(2)21-19(22-18)20-9-10-23-11-13-25-14-12-23/h4-8,15H,3,9-14H2,1-2H3,(H,20,21,22). The first kappa shape index (κ1) is 17.6. The molecule has 0 amide bonds. The second-order valence-electron chi connectivity index (χ2n) is 6.15. The van der Waals surface area contributed by atoms with E-state index in [0.29, 0.717) is 5.95 Å². The predicted octanol–water partition coefficient (Wildman–Crippen LogP) is 2.69. The van der Waals surface area contributed by atoms with E-state index in [1.54, 1.807) is 0 Å². The van der Waals surface area contributed by atoms with E-state index in [-0.39, 0.29) is 0 Å². The number of benzene rings is 1. The SMILES string of the molecule is CCN(c1ccccc1)c1cc(C)nc(NCCN2CCOCC2)n1. The summed E-state index contributed by atoms with van der Waals surface area (Å²) < 4.78 is 5.38. The molecule has 1 aliphatic heterocycles. The highest BCUT2D eigenvalue weighted by Gasteiger charge is 2.12. The van der Waals surface area contributed by atoms with E-state index in [0.717, 1.165) is 63.1 Å². The molecular formula is C19H27N5O. The van der Waals surface area contributed by atoms with Crippen molar-refractivity contribution in [1.29, 1.82) is 0 Å². The molecule has 0 bridgehead atoms. The smallest absolute Gasteiger partial charge is 0.224 e. The number of nitrogens with one attached hydrogen (secondary N) is 1. The number of morpholine rings is 1. The summed E-state index contributed by atoms with van der Waals surface area (Å²) in [6, 6.07) is 12.4. The average Bonchev–Trinajstić information content (AvgIpc) is 2.64. The first-order chi connectivity index (χ1) is 12.3. The summed E-state index contributed by atoms with van der Waals surface area (Å²) >= 11 is 0. The Hall–Kier alpha value is -2.18. The van der Waals surface area contributed by atoms with Crippen LogP contribution >= 0.6 is 0 Å². The topological polar surface area (TPSA) is 53.5 Å². The number of aromatic nitrogens is 2. The van der Waals surface area contributed by atoms with Crippen molar-refractivity contribution in [2.75, 3.05) is 56.2 Å². The Labute approximate surface area is 149 Å². The van der Waals surface area contributed by atoms with Gasteiger partial charge in [-0.25, -0.2) is 4.98 Å². The van der Waals surface area contributed by atoms with E-state index >= 15 is 0 Å². The maximum Gasteiger partial charge on any atom is 0.224 e. The molecule has 1 N–H and O–H groups in total. The molecule has 1 fully saturated rings. The van der Waals surface area contributed by atoms with Gasteiger partial charge in [0.2, 0.25) is 5.95 Å². The zero-order valence-corrected chi connectivity index (χ0v) is 15.1. The molecule has 0 aliphatic carbocycles. The number of ether oxygens (including phenoxy) is 1. The van der Waals surface area contributed by atoms with Gasteiger partial charge >= 0.3 is 0 Å². The van der Waals surface area contributed by atoms with Crippen molar-refractivity contribution in [3.63, 3.8) is 0 Å². The minimum absolute atomic E-state index is 0.692. The molecule has 1 aromatic heterocycles. The lowest BCUT2D eigenvalue weighted by atomic mass is 10.2. The zero-order chi connectivity index (χ0) is 17.5. The summed E-state index contributed by atoms with van der Waals surface area (Å²) in [6.45, 7) is 10.5. The van der Waals surface area contributed by atoms with E-state index in [2.05, 4.69) is 39.2 Å². The zero-order valence-electron chi connectivity index (χ0n) is 15.1. The van der Waals surface area contributed by atoms with Crippen molar-refractivity contribution in [3.05, 3.63) is 42.1 Å². The minimum Gasteiger partial charge on any atom is -0.379 e. The normalized spacial score (nSPS) is 15.1.